The van der Waals surface area contributed by atoms with Gasteiger partial charge in [-0.25, -0.2) is 0 Å². The Morgan fingerprint density at radius 1 is 1.32 bits per heavy atom. The Kier molecular flexibility index (Phi) is 3.09. The predicted molar refractivity (Wildman–Crippen MR) is 75.8 cm³/mol. The normalized spacial score (nSPS) is 25.2. The van der Waals surface area contributed by atoms with Crippen LogP contribution in [0.4, 0.5) is 0 Å². The Bertz CT molecular complexity index is 495. The molecule has 0 aliphatic carbocycles. The first-order valence-corrected chi connectivity index (χ1v) is 7.14. The number of rotatable bonds is 1. The second kappa shape index (κ2) is 4.64. The maximum atomic E-state index is 12.6. The van der Waals surface area contributed by atoms with Crippen LogP contribution in [0.5, 0.6) is 0 Å². The van der Waals surface area contributed by atoms with E-state index in [1.54, 1.807) is 0 Å². The summed E-state index contributed by atoms with van der Waals surface area (Å²) in [6, 6.07) is 8.37. The molecule has 19 heavy (non-hydrogen) atoms. The van der Waals surface area contributed by atoms with Crippen LogP contribution in [-0.2, 0) is 17.8 Å². The van der Waals surface area contributed by atoms with E-state index in [-0.39, 0.29) is 17.4 Å². The van der Waals surface area contributed by atoms with E-state index in [9.17, 15) is 4.79 Å². The van der Waals surface area contributed by atoms with Crippen LogP contribution in [0.1, 0.15) is 31.4 Å². The van der Waals surface area contributed by atoms with Gasteiger partial charge in [0, 0.05) is 19.6 Å². The number of benzene rings is 1. The van der Waals surface area contributed by atoms with Gasteiger partial charge in [-0.3, -0.25) is 4.79 Å². The van der Waals surface area contributed by atoms with E-state index < -0.39 is 0 Å². The second-order valence-corrected chi connectivity index (χ2v) is 6.58. The van der Waals surface area contributed by atoms with E-state index in [2.05, 4.69) is 43.4 Å². The number of nitrogens with zero attached hydrogens (tertiary/aromatic N) is 1. The number of amides is 1. The third-order valence-electron chi connectivity index (χ3n) is 4.37. The summed E-state index contributed by atoms with van der Waals surface area (Å²) in [6.07, 6.45) is 1.94. The molecule has 1 amide bonds. The van der Waals surface area contributed by atoms with Crippen LogP contribution < -0.4 is 5.32 Å². The molecule has 1 aromatic carbocycles. The molecule has 102 valence electrons. The van der Waals surface area contributed by atoms with Crippen molar-refractivity contribution in [3.05, 3.63) is 35.4 Å². The van der Waals surface area contributed by atoms with Crippen molar-refractivity contribution in [3.63, 3.8) is 0 Å². The second-order valence-electron chi connectivity index (χ2n) is 6.58. The zero-order chi connectivity index (χ0) is 13.5. The largest absolute Gasteiger partial charge is 0.341 e. The van der Waals surface area contributed by atoms with Gasteiger partial charge in [-0.05, 0) is 29.4 Å². The third-order valence-corrected chi connectivity index (χ3v) is 4.37. The number of carbonyl (C=O) groups excluding carboxylic acids is 1. The van der Waals surface area contributed by atoms with Gasteiger partial charge in [0.1, 0.15) is 0 Å². The lowest BCUT2D eigenvalue weighted by Crippen LogP contribution is -2.49. The maximum Gasteiger partial charge on any atom is 0.240 e. The monoisotopic (exact) mass is 258 g/mol. The fourth-order valence-electron chi connectivity index (χ4n) is 3.15. The molecule has 3 nitrogen and oxygen atoms in total. The molecule has 0 bridgehead atoms. The lowest BCUT2D eigenvalue weighted by molar-refractivity contribution is -0.132. The van der Waals surface area contributed by atoms with Crippen LogP contribution >= 0.6 is 0 Å². The summed E-state index contributed by atoms with van der Waals surface area (Å²) in [5, 5.41) is 3.39. The van der Waals surface area contributed by atoms with E-state index in [0.717, 1.165) is 32.5 Å². The molecule has 1 N–H and O–H groups in total. The van der Waals surface area contributed by atoms with Gasteiger partial charge >= 0.3 is 0 Å². The minimum atomic E-state index is -0.0381. The van der Waals surface area contributed by atoms with Crippen LogP contribution in [0, 0.1) is 5.41 Å². The summed E-state index contributed by atoms with van der Waals surface area (Å²) >= 11 is 0. The van der Waals surface area contributed by atoms with Gasteiger partial charge in [0.2, 0.25) is 5.91 Å². The smallest absolute Gasteiger partial charge is 0.240 e. The molecule has 1 fully saturated rings. The molecule has 0 unspecified atom stereocenters. The molecule has 0 spiro atoms. The van der Waals surface area contributed by atoms with E-state index in [0.29, 0.717) is 0 Å². The minimum Gasteiger partial charge on any atom is -0.341 e. The topological polar surface area (TPSA) is 32.3 Å². The number of carbonyl (C=O) groups is 1. The highest BCUT2D eigenvalue weighted by atomic mass is 16.2. The highest BCUT2D eigenvalue weighted by molar-refractivity contribution is 5.83. The molecule has 0 saturated carbocycles. The Labute approximate surface area is 115 Å². The van der Waals surface area contributed by atoms with Gasteiger partial charge < -0.3 is 10.2 Å². The summed E-state index contributed by atoms with van der Waals surface area (Å²) in [5.41, 5.74) is 2.92. The van der Waals surface area contributed by atoms with Crippen molar-refractivity contribution in [1.29, 1.82) is 0 Å². The Hall–Kier alpha value is -1.35. The first kappa shape index (κ1) is 12.7. The highest BCUT2D eigenvalue weighted by Gasteiger charge is 2.35. The molecule has 2 aliphatic rings. The van der Waals surface area contributed by atoms with Crippen molar-refractivity contribution in [3.8, 4) is 0 Å². The van der Waals surface area contributed by atoms with Crippen molar-refractivity contribution in [2.24, 2.45) is 5.41 Å². The number of hydrogen-bond acceptors (Lipinski definition) is 2. The van der Waals surface area contributed by atoms with Crippen molar-refractivity contribution in [2.75, 3.05) is 13.1 Å². The van der Waals surface area contributed by atoms with Crippen molar-refractivity contribution < 1.29 is 4.79 Å². The van der Waals surface area contributed by atoms with Crippen LogP contribution in [0.15, 0.2) is 24.3 Å². The Balaban J connectivity index is 1.70. The zero-order valence-corrected chi connectivity index (χ0v) is 11.8. The van der Waals surface area contributed by atoms with Gasteiger partial charge in [-0.2, -0.15) is 0 Å². The molecule has 3 heteroatoms. The Morgan fingerprint density at radius 2 is 2.05 bits per heavy atom. The van der Waals surface area contributed by atoms with E-state index in [1.165, 1.54) is 11.1 Å². The van der Waals surface area contributed by atoms with E-state index in [1.807, 2.05) is 4.90 Å². The van der Waals surface area contributed by atoms with Crippen molar-refractivity contribution >= 4 is 5.91 Å². The van der Waals surface area contributed by atoms with Gasteiger partial charge in [0.05, 0.1) is 6.04 Å². The number of likely N-dealkylation sites (tertiary alicyclic amines) is 1. The molecule has 1 aromatic rings. The molecular weight excluding hydrogens is 236 g/mol. The number of fused-ring (bicyclic) bond motifs is 1. The lowest BCUT2D eigenvalue weighted by atomic mass is 9.93. The van der Waals surface area contributed by atoms with Gasteiger partial charge in [0.25, 0.3) is 0 Å². The zero-order valence-electron chi connectivity index (χ0n) is 11.8. The first-order valence-electron chi connectivity index (χ1n) is 7.14. The van der Waals surface area contributed by atoms with Gasteiger partial charge in [-0.15, -0.1) is 0 Å². The molecule has 2 aliphatic heterocycles. The lowest BCUT2D eigenvalue weighted by Gasteiger charge is -2.29. The molecule has 1 atom stereocenters. The summed E-state index contributed by atoms with van der Waals surface area (Å²) in [6.45, 7) is 7.09. The van der Waals surface area contributed by atoms with Crippen LogP contribution in [0.25, 0.3) is 0 Å². The summed E-state index contributed by atoms with van der Waals surface area (Å²) in [5.74, 6) is 0.278. The summed E-state index contributed by atoms with van der Waals surface area (Å²) in [4.78, 5) is 14.6. The van der Waals surface area contributed by atoms with Gasteiger partial charge in [-0.1, -0.05) is 38.1 Å². The fourth-order valence-corrected chi connectivity index (χ4v) is 3.15. The van der Waals surface area contributed by atoms with Gasteiger partial charge in [0.15, 0.2) is 0 Å². The van der Waals surface area contributed by atoms with Crippen molar-refractivity contribution in [1.82, 2.24) is 10.2 Å². The fraction of sp³-hybridized carbons (Fsp3) is 0.562. The summed E-state index contributed by atoms with van der Waals surface area (Å²) < 4.78 is 0. The summed E-state index contributed by atoms with van der Waals surface area (Å²) in [7, 11) is 0. The number of hydrogen-bond donors (Lipinski definition) is 1. The third kappa shape index (κ3) is 2.52. The molecular formula is C16H22N2O. The number of nitrogens with one attached hydrogen (secondary N) is 1. The molecule has 1 saturated heterocycles. The molecule has 2 heterocycles. The van der Waals surface area contributed by atoms with E-state index >= 15 is 0 Å². The average molecular weight is 258 g/mol. The van der Waals surface area contributed by atoms with E-state index in [4.69, 9.17) is 0 Å². The Morgan fingerprint density at radius 3 is 2.74 bits per heavy atom. The van der Waals surface area contributed by atoms with Crippen molar-refractivity contribution in [2.45, 2.75) is 39.3 Å². The SMILES string of the molecule is CC1(C)CCN(C(=O)[C@@H]2Cc3ccccc3CN2)C1. The predicted octanol–water partition coefficient (Wildman–Crippen LogP) is 1.96. The minimum absolute atomic E-state index is 0.0381. The standard InChI is InChI=1S/C16H22N2O/c1-16(2)7-8-18(11-16)15(19)14-9-12-5-3-4-6-13(12)10-17-14/h3-6,14,17H,7-11H2,1-2H3/t14-/m0/s1. The van der Waals surface area contributed by atoms with Crippen LogP contribution in [0.3, 0.4) is 0 Å². The maximum absolute atomic E-state index is 12.6. The molecule has 0 aromatic heterocycles. The quantitative estimate of drug-likeness (QED) is 0.835. The van der Waals surface area contributed by atoms with Crippen LogP contribution in [-0.4, -0.2) is 29.9 Å². The average Bonchev–Trinajstić information content (AvgIpc) is 2.78. The van der Waals surface area contributed by atoms with Crippen LogP contribution in [0.2, 0.25) is 0 Å². The molecule has 3 rings (SSSR count). The highest BCUT2D eigenvalue weighted by Crippen LogP contribution is 2.29. The first-order chi connectivity index (χ1) is 9.05. The molecule has 0 radical (unpaired) electrons.